The summed E-state index contributed by atoms with van der Waals surface area (Å²) in [5.41, 5.74) is 3.84. The Labute approximate surface area is 243 Å². The number of aromatic nitrogens is 2. The molecule has 5 rings (SSSR count). The van der Waals surface area contributed by atoms with Gasteiger partial charge in [-0.05, 0) is 42.3 Å². The third-order valence-electron chi connectivity index (χ3n) is 6.69. The van der Waals surface area contributed by atoms with Crippen molar-refractivity contribution >= 4 is 52.4 Å². The van der Waals surface area contributed by atoms with Crippen LogP contribution in [0.5, 0.6) is 0 Å². The van der Waals surface area contributed by atoms with E-state index >= 15 is 0 Å². The maximum atomic E-state index is 12.7. The first kappa shape index (κ1) is 27.3. The maximum absolute atomic E-state index is 12.7. The third kappa shape index (κ3) is 7.04. The zero-order chi connectivity index (χ0) is 27.2. The van der Waals surface area contributed by atoms with E-state index in [9.17, 15) is 4.79 Å². The van der Waals surface area contributed by atoms with Crippen molar-refractivity contribution in [1.29, 1.82) is 0 Å². The summed E-state index contributed by atoms with van der Waals surface area (Å²) in [5.74, 6) is 1.40. The van der Waals surface area contributed by atoms with Crippen molar-refractivity contribution in [2.75, 3.05) is 36.0 Å². The predicted octanol–water partition coefficient (Wildman–Crippen LogP) is 6.89. The Hall–Kier alpha value is -3.26. The van der Waals surface area contributed by atoms with Crippen LogP contribution in [0.2, 0.25) is 10.2 Å². The molecule has 0 spiro atoms. The second-order valence-corrected chi connectivity index (χ2v) is 11.1. The molecule has 4 aromatic rings. The topological polar surface area (TPSA) is 61.4 Å². The molecule has 1 aliphatic rings. The summed E-state index contributed by atoms with van der Waals surface area (Å²) in [6, 6.07) is 27.3. The van der Waals surface area contributed by atoms with Crippen molar-refractivity contribution in [3.8, 4) is 0 Å². The van der Waals surface area contributed by atoms with E-state index < -0.39 is 0 Å². The highest BCUT2D eigenvalue weighted by Gasteiger charge is 2.21. The molecule has 1 aliphatic heterocycles. The van der Waals surface area contributed by atoms with Gasteiger partial charge in [0.15, 0.2) is 5.16 Å². The van der Waals surface area contributed by atoms with Crippen LogP contribution in [0.4, 0.5) is 11.5 Å². The standard InChI is InChI=1S/C30H29Cl2N5OS/c1-21(23-7-3-2-4-8-23)33-29(38)24-13-11-22(12-14-24)20-39-30-34-27(32)19-28(35-30)37-17-15-36(16-18-37)26-10-6-5-9-25(26)31/h2-14,19,21H,15-18,20H2,1H3,(H,33,38). The number of thioether (sulfide) groups is 1. The van der Waals surface area contributed by atoms with Crippen LogP contribution < -0.4 is 15.1 Å². The number of hydrogen-bond donors (Lipinski definition) is 1. The van der Waals surface area contributed by atoms with Crippen molar-refractivity contribution < 1.29 is 4.79 Å². The summed E-state index contributed by atoms with van der Waals surface area (Å²) in [5, 5.41) is 4.88. The molecule has 39 heavy (non-hydrogen) atoms. The number of nitrogens with zero attached hydrogens (tertiary/aromatic N) is 4. The third-order valence-corrected chi connectivity index (χ3v) is 8.12. The van der Waals surface area contributed by atoms with Crippen molar-refractivity contribution in [2.24, 2.45) is 0 Å². The van der Waals surface area contributed by atoms with Crippen LogP contribution in [0, 0.1) is 0 Å². The Morgan fingerprint density at radius 2 is 1.56 bits per heavy atom. The minimum absolute atomic E-state index is 0.0674. The van der Waals surface area contributed by atoms with Gasteiger partial charge in [-0.2, -0.15) is 0 Å². The lowest BCUT2D eigenvalue weighted by molar-refractivity contribution is 0.0940. The maximum Gasteiger partial charge on any atom is 0.251 e. The van der Waals surface area contributed by atoms with E-state index in [-0.39, 0.29) is 11.9 Å². The molecule has 1 unspecified atom stereocenters. The fourth-order valence-corrected chi connectivity index (χ4v) is 5.79. The lowest BCUT2D eigenvalue weighted by Crippen LogP contribution is -2.47. The largest absolute Gasteiger partial charge is 0.367 e. The highest BCUT2D eigenvalue weighted by molar-refractivity contribution is 7.98. The number of anilines is 2. The average Bonchev–Trinajstić information content (AvgIpc) is 2.97. The first-order chi connectivity index (χ1) is 19.0. The van der Waals surface area contributed by atoms with Gasteiger partial charge >= 0.3 is 0 Å². The lowest BCUT2D eigenvalue weighted by atomic mass is 10.1. The molecule has 6 nitrogen and oxygen atoms in total. The molecule has 3 aromatic carbocycles. The number of hydrogen-bond acceptors (Lipinski definition) is 6. The van der Waals surface area contributed by atoms with Gasteiger partial charge in [0.25, 0.3) is 5.91 Å². The normalized spacial score (nSPS) is 14.2. The monoisotopic (exact) mass is 577 g/mol. The van der Waals surface area contributed by atoms with Crippen LogP contribution >= 0.6 is 35.0 Å². The van der Waals surface area contributed by atoms with Gasteiger partial charge in [-0.25, -0.2) is 9.97 Å². The van der Waals surface area contributed by atoms with E-state index in [4.69, 9.17) is 28.2 Å². The number of carbonyl (C=O) groups is 1. The molecule has 1 amide bonds. The summed E-state index contributed by atoms with van der Waals surface area (Å²) in [4.78, 5) is 26.4. The Morgan fingerprint density at radius 3 is 2.28 bits per heavy atom. The van der Waals surface area contributed by atoms with Crippen molar-refractivity contribution in [2.45, 2.75) is 23.9 Å². The van der Waals surface area contributed by atoms with Crippen molar-refractivity contribution in [3.05, 3.63) is 112 Å². The van der Waals surface area contributed by atoms with E-state index in [1.807, 2.05) is 85.8 Å². The Balaban J connectivity index is 1.16. The van der Waals surface area contributed by atoms with Gasteiger partial charge in [0.2, 0.25) is 0 Å². The molecule has 0 bridgehead atoms. The SMILES string of the molecule is CC(NC(=O)c1ccc(CSc2nc(Cl)cc(N3CCN(c4ccccc4Cl)CC3)n2)cc1)c1ccccc1. The van der Waals surface area contributed by atoms with Gasteiger partial charge in [-0.15, -0.1) is 0 Å². The molecule has 1 atom stereocenters. The van der Waals surface area contributed by atoms with Gasteiger partial charge in [0, 0.05) is 43.6 Å². The fraction of sp³-hybridized carbons (Fsp3) is 0.233. The highest BCUT2D eigenvalue weighted by atomic mass is 35.5. The average molecular weight is 579 g/mol. The van der Waals surface area contributed by atoms with Gasteiger partial charge in [-0.1, -0.05) is 89.6 Å². The van der Waals surface area contributed by atoms with Crippen LogP contribution in [0.15, 0.2) is 90.1 Å². The molecule has 0 saturated carbocycles. The molecule has 1 aromatic heterocycles. The number of piperazine rings is 1. The van der Waals surface area contributed by atoms with Gasteiger partial charge in [-0.3, -0.25) is 4.79 Å². The first-order valence-electron chi connectivity index (χ1n) is 12.8. The summed E-state index contributed by atoms with van der Waals surface area (Å²) in [6.45, 7) is 5.30. The minimum atomic E-state index is -0.0944. The smallest absolute Gasteiger partial charge is 0.251 e. The second kappa shape index (κ2) is 12.7. The molecule has 0 radical (unpaired) electrons. The summed E-state index contributed by atoms with van der Waals surface area (Å²) in [6.07, 6.45) is 0. The number of carbonyl (C=O) groups excluding carboxylic acids is 1. The molecule has 2 heterocycles. The predicted molar refractivity (Wildman–Crippen MR) is 161 cm³/mol. The Morgan fingerprint density at radius 1 is 0.897 bits per heavy atom. The van der Waals surface area contributed by atoms with Crippen LogP contribution in [0.1, 0.15) is 34.5 Å². The van der Waals surface area contributed by atoms with Crippen LogP contribution in [0.3, 0.4) is 0 Å². The molecule has 1 fully saturated rings. The fourth-order valence-electron chi connectivity index (χ4n) is 4.50. The number of rotatable bonds is 8. The van der Waals surface area contributed by atoms with Crippen LogP contribution in [-0.2, 0) is 5.75 Å². The zero-order valence-electron chi connectivity index (χ0n) is 21.6. The Kier molecular flexibility index (Phi) is 8.91. The van der Waals surface area contributed by atoms with E-state index in [1.165, 1.54) is 11.8 Å². The Bertz CT molecular complexity index is 1410. The highest BCUT2D eigenvalue weighted by Crippen LogP contribution is 2.29. The molecule has 200 valence electrons. The van der Waals surface area contributed by atoms with E-state index in [0.29, 0.717) is 21.6 Å². The summed E-state index contributed by atoms with van der Waals surface area (Å²) >= 11 is 14.3. The van der Waals surface area contributed by atoms with Gasteiger partial charge in [0.1, 0.15) is 11.0 Å². The molecule has 1 saturated heterocycles. The minimum Gasteiger partial charge on any atom is -0.367 e. The van der Waals surface area contributed by atoms with Crippen LogP contribution in [0.25, 0.3) is 0 Å². The van der Waals surface area contributed by atoms with Gasteiger partial charge < -0.3 is 15.1 Å². The van der Waals surface area contributed by atoms with Crippen molar-refractivity contribution in [1.82, 2.24) is 15.3 Å². The van der Waals surface area contributed by atoms with E-state index in [1.54, 1.807) is 0 Å². The van der Waals surface area contributed by atoms with Crippen molar-refractivity contribution in [3.63, 3.8) is 0 Å². The molecular weight excluding hydrogens is 549 g/mol. The first-order valence-corrected chi connectivity index (χ1v) is 14.6. The number of benzene rings is 3. The second-order valence-electron chi connectivity index (χ2n) is 9.35. The number of para-hydroxylation sites is 1. The zero-order valence-corrected chi connectivity index (χ0v) is 23.9. The molecule has 0 aliphatic carbocycles. The number of amides is 1. The number of nitrogens with one attached hydrogen (secondary N) is 1. The van der Waals surface area contributed by atoms with E-state index in [0.717, 1.165) is 53.8 Å². The molecule has 1 N–H and O–H groups in total. The van der Waals surface area contributed by atoms with Gasteiger partial charge in [0.05, 0.1) is 16.8 Å². The lowest BCUT2D eigenvalue weighted by Gasteiger charge is -2.37. The number of halogens is 2. The quantitative estimate of drug-likeness (QED) is 0.140. The van der Waals surface area contributed by atoms with Crippen LogP contribution in [-0.4, -0.2) is 42.1 Å². The summed E-state index contributed by atoms with van der Waals surface area (Å²) < 4.78 is 0. The summed E-state index contributed by atoms with van der Waals surface area (Å²) in [7, 11) is 0. The molecule has 9 heteroatoms. The van der Waals surface area contributed by atoms with E-state index in [2.05, 4.69) is 26.2 Å². The molecular formula is C30H29Cl2N5OS.